The molecule has 0 aliphatic carbocycles. The molecule has 2 aromatic rings. The normalized spacial score (nSPS) is 24.6. The maximum atomic E-state index is 12.7. The summed E-state index contributed by atoms with van der Waals surface area (Å²) in [5.41, 5.74) is 0.370. The average Bonchev–Trinajstić information content (AvgIpc) is 3.36. The Labute approximate surface area is 179 Å². The molecule has 3 aliphatic rings. The van der Waals surface area contributed by atoms with Crippen molar-refractivity contribution in [3.05, 3.63) is 47.2 Å². The van der Waals surface area contributed by atoms with Crippen molar-refractivity contribution in [3.63, 3.8) is 0 Å². The predicted molar refractivity (Wildman–Crippen MR) is 111 cm³/mol. The van der Waals surface area contributed by atoms with E-state index in [-0.39, 0.29) is 17.4 Å². The van der Waals surface area contributed by atoms with Crippen molar-refractivity contribution in [1.82, 2.24) is 20.0 Å². The zero-order chi connectivity index (χ0) is 20.8. The molecule has 1 aromatic carbocycles. The number of halogens is 1. The third-order valence-electron chi connectivity index (χ3n) is 6.34. The summed E-state index contributed by atoms with van der Waals surface area (Å²) in [6.07, 6.45) is 6.20. The standard InChI is InChI=1S/C21H24ClN5O3/c22-15-2-3-17-16(12-15)19(29)25-21(24-17)13-20(30-14-21)5-10-26(11-6-20)18(28)4-9-27-8-1-7-23-27/h1-3,7-8,12,24H,4-6,9-11,13-14H2,(H,25,29). The number of hydrogen-bond acceptors (Lipinski definition) is 5. The molecule has 3 aliphatic heterocycles. The van der Waals surface area contributed by atoms with Crippen LogP contribution in [0.15, 0.2) is 36.7 Å². The molecule has 5 rings (SSSR count). The molecule has 4 heterocycles. The van der Waals surface area contributed by atoms with Crippen molar-refractivity contribution in [2.24, 2.45) is 0 Å². The van der Waals surface area contributed by atoms with Gasteiger partial charge in [-0.05, 0) is 37.1 Å². The van der Waals surface area contributed by atoms with Crippen LogP contribution in [0.25, 0.3) is 0 Å². The van der Waals surface area contributed by atoms with E-state index in [1.807, 2.05) is 23.2 Å². The lowest BCUT2D eigenvalue weighted by Gasteiger charge is -2.41. The van der Waals surface area contributed by atoms with Gasteiger partial charge in [0.15, 0.2) is 0 Å². The molecular formula is C21H24ClN5O3. The highest BCUT2D eigenvalue weighted by Crippen LogP contribution is 2.43. The van der Waals surface area contributed by atoms with Crippen LogP contribution in [-0.4, -0.2) is 57.5 Å². The Kier molecular flexibility index (Phi) is 4.71. The summed E-state index contributed by atoms with van der Waals surface area (Å²) >= 11 is 6.03. The minimum absolute atomic E-state index is 0.141. The van der Waals surface area contributed by atoms with Gasteiger partial charge in [0.1, 0.15) is 5.66 Å². The fourth-order valence-corrected chi connectivity index (χ4v) is 4.93. The van der Waals surface area contributed by atoms with Gasteiger partial charge in [0.05, 0.1) is 17.8 Å². The molecule has 0 saturated carbocycles. The molecule has 158 valence electrons. The molecule has 30 heavy (non-hydrogen) atoms. The van der Waals surface area contributed by atoms with Gasteiger partial charge in [-0.2, -0.15) is 5.10 Å². The SMILES string of the molecule is O=C1NC2(COC3(CCN(C(=O)CCn4cccn4)CC3)C2)Nc2ccc(Cl)cc21. The zero-order valence-electron chi connectivity index (χ0n) is 16.6. The second-order valence-corrected chi connectivity index (χ2v) is 8.84. The molecule has 0 radical (unpaired) electrons. The molecule has 1 aromatic heterocycles. The van der Waals surface area contributed by atoms with Crippen LogP contribution in [0, 0.1) is 0 Å². The molecule has 2 fully saturated rings. The van der Waals surface area contributed by atoms with E-state index < -0.39 is 5.66 Å². The van der Waals surface area contributed by atoms with Gasteiger partial charge in [0, 0.05) is 55.6 Å². The number of benzene rings is 1. The lowest BCUT2D eigenvalue weighted by molar-refractivity contribution is -0.136. The molecule has 9 heteroatoms. The van der Waals surface area contributed by atoms with Gasteiger partial charge in [-0.15, -0.1) is 0 Å². The fourth-order valence-electron chi connectivity index (χ4n) is 4.76. The first-order valence-electron chi connectivity index (χ1n) is 10.3. The first kappa shape index (κ1) is 19.4. The molecule has 2 N–H and O–H groups in total. The summed E-state index contributed by atoms with van der Waals surface area (Å²) in [6, 6.07) is 7.14. The monoisotopic (exact) mass is 429 g/mol. The van der Waals surface area contributed by atoms with Crippen LogP contribution in [0.1, 0.15) is 36.0 Å². The number of piperidine rings is 1. The summed E-state index contributed by atoms with van der Waals surface area (Å²) in [5.74, 6) is 0.00101. The number of aryl methyl sites for hydroxylation is 1. The number of nitrogens with zero attached hydrogens (tertiary/aromatic N) is 3. The van der Waals surface area contributed by atoms with Gasteiger partial charge in [-0.3, -0.25) is 14.3 Å². The average molecular weight is 430 g/mol. The first-order valence-corrected chi connectivity index (χ1v) is 10.6. The molecule has 2 spiro atoms. The minimum Gasteiger partial charge on any atom is -0.370 e. The predicted octanol–water partition coefficient (Wildman–Crippen LogP) is 2.26. The van der Waals surface area contributed by atoms with Gasteiger partial charge in [-0.25, -0.2) is 0 Å². The number of likely N-dealkylation sites (tertiary alicyclic amines) is 1. The molecule has 8 nitrogen and oxygen atoms in total. The van der Waals surface area contributed by atoms with Crippen LogP contribution in [0.5, 0.6) is 0 Å². The van der Waals surface area contributed by atoms with Crippen LogP contribution < -0.4 is 10.6 Å². The van der Waals surface area contributed by atoms with Crippen LogP contribution >= 0.6 is 11.6 Å². The molecule has 1 unspecified atom stereocenters. The number of carbonyl (C=O) groups is 2. The van der Waals surface area contributed by atoms with Crippen molar-refractivity contribution in [2.45, 2.75) is 43.5 Å². The smallest absolute Gasteiger partial charge is 0.255 e. The fraction of sp³-hybridized carbons (Fsp3) is 0.476. The van der Waals surface area contributed by atoms with Gasteiger partial charge < -0.3 is 20.3 Å². The van der Waals surface area contributed by atoms with Crippen LogP contribution in [0.4, 0.5) is 5.69 Å². The van der Waals surface area contributed by atoms with Gasteiger partial charge in [-0.1, -0.05) is 11.6 Å². The van der Waals surface area contributed by atoms with Crippen LogP contribution in [0.2, 0.25) is 5.02 Å². The number of rotatable bonds is 3. The lowest BCUT2D eigenvalue weighted by Crippen LogP contribution is -2.59. The zero-order valence-corrected chi connectivity index (χ0v) is 17.3. The van der Waals surface area contributed by atoms with Gasteiger partial charge in [0.2, 0.25) is 5.91 Å². The van der Waals surface area contributed by atoms with E-state index in [1.54, 1.807) is 23.0 Å². The number of hydrogen-bond donors (Lipinski definition) is 2. The van der Waals surface area contributed by atoms with Crippen molar-refractivity contribution in [1.29, 1.82) is 0 Å². The van der Waals surface area contributed by atoms with Gasteiger partial charge >= 0.3 is 0 Å². The number of amides is 2. The quantitative estimate of drug-likeness (QED) is 0.781. The van der Waals surface area contributed by atoms with E-state index in [0.29, 0.717) is 49.7 Å². The highest BCUT2D eigenvalue weighted by Gasteiger charge is 2.53. The molecular weight excluding hydrogens is 406 g/mol. The summed E-state index contributed by atoms with van der Waals surface area (Å²) in [6.45, 7) is 2.31. The maximum Gasteiger partial charge on any atom is 0.255 e. The largest absolute Gasteiger partial charge is 0.370 e. The Bertz CT molecular complexity index is 971. The summed E-state index contributed by atoms with van der Waals surface area (Å²) < 4.78 is 8.03. The lowest BCUT2D eigenvalue weighted by atomic mass is 9.84. The van der Waals surface area contributed by atoms with E-state index >= 15 is 0 Å². The van der Waals surface area contributed by atoms with E-state index in [4.69, 9.17) is 16.3 Å². The number of carbonyl (C=O) groups excluding carboxylic acids is 2. The van der Waals surface area contributed by atoms with Crippen LogP contribution in [0.3, 0.4) is 0 Å². The van der Waals surface area contributed by atoms with E-state index in [0.717, 1.165) is 18.5 Å². The Hall–Kier alpha value is -2.58. The second kappa shape index (κ2) is 7.28. The number of aromatic nitrogens is 2. The van der Waals surface area contributed by atoms with Crippen molar-refractivity contribution >= 4 is 29.1 Å². The second-order valence-electron chi connectivity index (χ2n) is 8.40. The Morgan fingerprint density at radius 2 is 2.10 bits per heavy atom. The first-order chi connectivity index (χ1) is 14.5. The minimum atomic E-state index is -0.621. The van der Waals surface area contributed by atoms with Crippen molar-refractivity contribution < 1.29 is 14.3 Å². The summed E-state index contributed by atoms with van der Waals surface area (Å²) in [5, 5.41) is 11.2. The maximum absolute atomic E-state index is 12.7. The van der Waals surface area contributed by atoms with E-state index in [1.165, 1.54) is 0 Å². The van der Waals surface area contributed by atoms with E-state index in [9.17, 15) is 9.59 Å². The molecule has 2 amide bonds. The Morgan fingerprint density at radius 1 is 1.27 bits per heavy atom. The highest BCUT2D eigenvalue weighted by molar-refractivity contribution is 6.31. The Morgan fingerprint density at radius 3 is 2.87 bits per heavy atom. The topological polar surface area (TPSA) is 88.5 Å². The van der Waals surface area contributed by atoms with E-state index in [2.05, 4.69) is 15.7 Å². The summed E-state index contributed by atoms with van der Waals surface area (Å²) in [7, 11) is 0. The number of nitrogens with one attached hydrogen (secondary N) is 2. The number of anilines is 1. The molecule has 0 bridgehead atoms. The Balaban J connectivity index is 1.21. The van der Waals surface area contributed by atoms with Gasteiger partial charge in [0.25, 0.3) is 5.91 Å². The van der Waals surface area contributed by atoms with Crippen molar-refractivity contribution in [3.8, 4) is 0 Å². The molecule has 1 atom stereocenters. The number of ether oxygens (including phenoxy) is 1. The third kappa shape index (κ3) is 3.54. The third-order valence-corrected chi connectivity index (χ3v) is 6.58. The van der Waals surface area contributed by atoms with Crippen LogP contribution in [-0.2, 0) is 16.1 Å². The summed E-state index contributed by atoms with van der Waals surface area (Å²) in [4.78, 5) is 27.1. The number of fused-ring (bicyclic) bond motifs is 1. The molecule has 2 saturated heterocycles. The highest BCUT2D eigenvalue weighted by atomic mass is 35.5. The van der Waals surface area contributed by atoms with Crippen molar-refractivity contribution in [2.75, 3.05) is 25.0 Å².